The van der Waals surface area contributed by atoms with Gasteiger partial charge in [-0.3, -0.25) is 4.79 Å². The molecule has 0 spiro atoms. The highest BCUT2D eigenvalue weighted by atomic mass is 16.4. The van der Waals surface area contributed by atoms with Crippen molar-refractivity contribution in [1.82, 2.24) is 10.6 Å². The van der Waals surface area contributed by atoms with Crippen LogP contribution in [0.3, 0.4) is 0 Å². The first-order valence-electron chi connectivity index (χ1n) is 6.08. The lowest BCUT2D eigenvalue weighted by molar-refractivity contribution is -0.142. The van der Waals surface area contributed by atoms with Crippen molar-refractivity contribution in [3.8, 4) is 0 Å². The molecule has 0 bridgehead atoms. The summed E-state index contributed by atoms with van der Waals surface area (Å²) in [6.07, 6.45) is 2.54. The molecule has 2 amide bonds. The Balaban J connectivity index is 2.35. The highest BCUT2D eigenvalue weighted by molar-refractivity contribution is 5.75. The van der Waals surface area contributed by atoms with Gasteiger partial charge in [0.15, 0.2) is 0 Å². The van der Waals surface area contributed by atoms with Gasteiger partial charge in [-0.15, -0.1) is 0 Å². The van der Waals surface area contributed by atoms with E-state index in [9.17, 15) is 9.59 Å². The lowest BCUT2D eigenvalue weighted by Gasteiger charge is -2.22. The van der Waals surface area contributed by atoms with Gasteiger partial charge in [-0.2, -0.15) is 0 Å². The fourth-order valence-electron chi connectivity index (χ4n) is 2.21. The molecule has 0 heterocycles. The first-order valence-corrected chi connectivity index (χ1v) is 6.08. The average Bonchev–Trinajstić information content (AvgIpc) is 2.59. The number of carbonyl (C=O) groups is 2. The van der Waals surface area contributed by atoms with Gasteiger partial charge in [0, 0.05) is 12.1 Å². The molecule has 17 heavy (non-hydrogen) atoms. The molecular weight excluding hydrogens is 220 g/mol. The Morgan fingerprint density at radius 3 is 2.47 bits per heavy atom. The van der Waals surface area contributed by atoms with Crippen molar-refractivity contribution in [1.29, 1.82) is 0 Å². The number of carbonyl (C=O) groups excluding carboxylic acids is 1. The van der Waals surface area contributed by atoms with Gasteiger partial charge in [0.25, 0.3) is 0 Å². The van der Waals surface area contributed by atoms with Gasteiger partial charge in [0.05, 0.1) is 5.92 Å². The zero-order valence-corrected chi connectivity index (χ0v) is 10.7. The number of carboxylic acid groups (broad SMARTS) is 1. The number of aliphatic carboxylic acids is 1. The fourth-order valence-corrected chi connectivity index (χ4v) is 2.21. The molecule has 1 aliphatic carbocycles. The lowest BCUT2D eigenvalue weighted by Crippen LogP contribution is -2.47. The first kappa shape index (κ1) is 13.8. The number of urea groups is 1. The van der Waals surface area contributed by atoms with E-state index in [1.165, 1.54) is 0 Å². The van der Waals surface area contributed by atoms with Crippen LogP contribution >= 0.6 is 0 Å². The van der Waals surface area contributed by atoms with Crippen LogP contribution in [0.1, 0.15) is 40.0 Å². The lowest BCUT2D eigenvalue weighted by atomic mass is 9.96. The third-order valence-corrected chi connectivity index (χ3v) is 2.99. The molecule has 0 aromatic heterocycles. The molecule has 0 aromatic rings. The molecule has 0 saturated heterocycles. The standard InChI is InChI=1S/C12H22N2O3/c1-12(2,3)14-11(17)13-7-8-5-4-6-9(8)10(15)16/h8-9H,4-7H2,1-3H3,(H,15,16)(H2,13,14,17). The molecule has 1 saturated carbocycles. The topological polar surface area (TPSA) is 78.4 Å². The van der Waals surface area contributed by atoms with E-state index in [-0.39, 0.29) is 23.4 Å². The number of amides is 2. The monoisotopic (exact) mass is 242 g/mol. The maximum Gasteiger partial charge on any atom is 0.315 e. The van der Waals surface area contributed by atoms with E-state index in [1.54, 1.807) is 0 Å². The third kappa shape index (κ3) is 4.63. The summed E-state index contributed by atoms with van der Waals surface area (Å²) in [5.74, 6) is -0.978. The second-order valence-corrected chi connectivity index (χ2v) is 5.72. The second kappa shape index (κ2) is 5.38. The van der Waals surface area contributed by atoms with E-state index in [0.29, 0.717) is 6.54 Å². The fraction of sp³-hybridized carbons (Fsp3) is 0.833. The first-order chi connectivity index (χ1) is 7.79. The van der Waals surface area contributed by atoms with Crippen LogP contribution in [0.15, 0.2) is 0 Å². The number of rotatable bonds is 3. The summed E-state index contributed by atoms with van der Waals surface area (Å²) in [5, 5.41) is 14.5. The Labute approximate surface area is 102 Å². The average molecular weight is 242 g/mol. The van der Waals surface area contributed by atoms with Crippen LogP contribution in [-0.4, -0.2) is 29.2 Å². The Morgan fingerprint density at radius 1 is 1.29 bits per heavy atom. The van der Waals surface area contributed by atoms with Gasteiger partial charge in [-0.25, -0.2) is 4.79 Å². The van der Waals surface area contributed by atoms with Crippen molar-refractivity contribution in [3.05, 3.63) is 0 Å². The Morgan fingerprint density at radius 2 is 1.94 bits per heavy atom. The minimum absolute atomic E-state index is 0.0678. The summed E-state index contributed by atoms with van der Waals surface area (Å²) in [7, 11) is 0. The minimum atomic E-state index is -0.745. The summed E-state index contributed by atoms with van der Waals surface area (Å²) >= 11 is 0. The predicted octanol–water partition coefficient (Wildman–Crippen LogP) is 1.59. The summed E-state index contributed by atoms with van der Waals surface area (Å²) in [6, 6.07) is -0.228. The zero-order chi connectivity index (χ0) is 13.1. The molecule has 0 radical (unpaired) electrons. The molecule has 2 unspecified atom stereocenters. The van der Waals surface area contributed by atoms with Crippen LogP contribution in [0.25, 0.3) is 0 Å². The zero-order valence-electron chi connectivity index (χ0n) is 10.7. The molecule has 2 atom stereocenters. The Kier molecular flexibility index (Phi) is 4.37. The number of nitrogens with one attached hydrogen (secondary N) is 2. The molecule has 5 nitrogen and oxygen atoms in total. The number of hydrogen-bond acceptors (Lipinski definition) is 2. The molecular formula is C12H22N2O3. The maximum absolute atomic E-state index is 11.5. The molecule has 1 fully saturated rings. The molecule has 5 heteroatoms. The normalized spacial score (nSPS) is 24.4. The predicted molar refractivity (Wildman–Crippen MR) is 64.8 cm³/mol. The largest absolute Gasteiger partial charge is 0.481 e. The highest BCUT2D eigenvalue weighted by Crippen LogP contribution is 2.31. The summed E-state index contributed by atoms with van der Waals surface area (Å²) in [4.78, 5) is 22.5. The maximum atomic E-state index is 11.5. The van der Waals surface area contributed by atoms with Crippen molar-refractivity contribution in [2.24, 2.45) is 11.8 Å². The second-order valence-electron chi connectivity index (χ2n) is 5.72. The van der Waals surface area contributed by atoms with Gasteiger partial charge >= 0.3 is 12.0 Å². The molecule has 0 aromatic carbocycles. The van der Waals surface area contributed by atoms with Crippen LogP contribution in [-0.2, 0) is 4.79 Å². The van der Waals surface area contributed by atoms with Crippen molar-refractivity contribution >= 4 is 12.0 Å². The SMILES string of the molecule is CC(C)(C)NC(=O)NCC1CCCC1C(=O)O. The van der Waals surface area contributed by atoms with Gasteiger partial charge in [0.2, 0.25) is 0 Å². The number of hydrogen-bond donors (Lipinski definition) is 3. The van der Waals surface area contributed by atoms with Crippen molar-refractivity contribution in [3.63, 3.8) is 0 Å². The van der Waals surface area contributed by atoms with Gasteiger partial charge in [-0.05, 0) is 39.5 Å². The molecule has 1 aliphatic rings. The molecule has 98 valence electrons. The van der Waals surface area contributed by atoms with E-state index in [2.05, 4.69) is 10.6 Å². The van der Waals surface area contributed by atoms with Gasteiger partial charge in [-0.1, -0.05) is 6.42 Å². The van der Waals surface area contributed by atoms with Crippen LogP contribution in [0, 0.1) is 11.8 Å². The van der Waals surface area contributed by atoms with Crippen LogP contribution in [0.4, 0.5) is 4.79 Å². The molecule has 3 N–H and O–H groups in total. The van der Waals surface area contributed by atoms with E-state index in [4.69, 9.17) is 5.11 Å². The van der Waals surface area contributed by atoms with E-state index < -0.39 is 5.97 Å². The summed E-state index contributed by atoms with van der Waals surface area (Å²) < 4.78 is 0. The highest BCUT2D eigenvalue weighted by Gasteiger charge is 2.32. The quantitative estimate of drug-likeness (QED) is 0.703. The number of carboxylic acids is 1. The van der Waals surface area contributed by atoms with Crippen molar-refractivity contribution in [2.45, 2.75) is 45.6 Å². The third-order valence-electron chi connectivity index (χ3n) is 2.99. The summed E-state index contributed by atoms with van der Waals surface area (Å²) in [6.45, 7) is 6.16. The van der Waals surface area contributed by atoms with Crippen molar-refractivity contribution < 1.29 is 14.7 Å². The van der Waals surface area contributed by atoms with Crippen LogP contribution in [0.5, 0.6) is 0 Å². The smallest absolute Gasteiger partial charge is 0.315 e. The van der Waals surface area contributed by atoms with Gasteiger partial charge < -0.3 is 15.7 Å². The summed E-state index contributed by atoms with van der Waals surface area (Å²) in [5.41, 5.74) is -0.272. The van der Waals surface area contributed by atoms with Crippen molar-refractivity contribution in [2.75, 3.05) is 6.54 Å². The minimum Gasteiger partial charge on any atom is -0.481 e. The molecule has 0 aliphatic heterocycles. The van der Waals surface area contributed by atoms with E-state index in [1.807, 2.05) is 20.8 Å². The molecule has 1 rings (SSSR count). The van der Waals surface area contributed by atoms with Crippen LogP contribution in [0.2, 0.25) is 0 Å². The Bertz CT molecular complexity index is 297. The van der Waals surface area contributed by atoms with E-state index in [0.717, 1.165) is 19.3 Å². The Hall–Kier alpha value is -1.26. The van der Waals surface area contributed by atoms with E-state index >= 15 is 0 Å². The van der Waals surface area contributed by atoms with Crippen LogP contribution < -0.4 is 10.6 Å². The van der Waals surface area contributed by atoms with Gasteiger partial charge in [0.1, 0.15) is 0 Å².